The van der Waals surface area contributed by atoms with Crippen LogP contribution in [0.4, 0.5) is 13.2 Å². The first-order chi connectivity index (χ1) is 8.51. The van der Waals surface area contributed by atoms with Gasteiger partial charge in [0.1, 0.15) is 11.0 Å². The zero-order chi connectivity index (χ0) is 14.8. The highest BCUT2D eigenvalue weighted by Crippen LogP contribution is 2.32. The Hall–Kier alpha value is -0.950. The van der Waals surface area contributed by atoms with Crippen LogP contribution in [0.25, 0.3) is 0 Å². The fourth-order valence-corrected chi connectivity index (χ4v) is 1.81. The van der Waals surface area contributed by atoms with Crippen LogP contribution < -0.4 is 0 Å². The lowest BCUT2D eigenvalue weighted by atomic mass is 10.2. The molecule has 1 aromatic heterocycles. The molecule has 0 fully saturated rings. The Morgan fingerprint density at radius 2 is 1.95 bits per heavy atom. The van der Waals surface area contributed by atoms with E-state index in [0.29, 0.717) is 0 Å². The van der Waals surface area contributed by atoms with E-state index >= 15 is 0 Å². The Kier molecular flexibility index (Phi) is 4.73. The van der Waals surface area contributed by atoms with E-state index in [1.807, 2.05) is 0 Å². The Morgan fingerprint density at radius 1 is 1.37 bits per heavy atom. The Balaban J connectivity index is 2.98. The molecule has 0 bridgehead atoms. The molecule has 0 amide bonds. The largest absolute Gasteiger partial charge is 0.434 e. The van der Waals surface area contributed by atoms with Gasteiger partial charge >= 0.3 is 6.18 Å². The fraction of sp³-hybridized carbons (Fsp3) is 0.455. The second-order valence-corrected chi connectivity index (χ2v) is 7.03. The van der Waals surface area contributed by atoms with E-state index in [4.69, 9.17) is 11.6 Å². The summed E-state index contributed by atoms with van der Waals surface area (Å²) in [6, 6.07) is 1.08. The van der Waals surface area contributed by atoms with Crippen molar-refractivity contribution in [2.24, 2.45) is 4.40 Å². The van der Waals surface area contributed by atoms with Crippen molar-refractivity contribution in [2.75, 3.05) is 0 Å². The maximum atomic E-state index is 12.4. The average Bonchev–Trinajstić information content (AvgIpc) is 2.22. The number of hydrogen-bond donors (Lipinski definition) is 0. The van der Waals surface area contributed by atoms with Crippen molar-refractivity contribution in [1.29, 1.82) is 0 Å². The van der Waals surface area contributed by atoms with E-state index in [2.05, 4.69) is 9.38 Å². The molecule has 1 rings (SSSR count). The van der Waals surface area contributed by atoms with Crippen molar-refractivity contribution >= 4 is 28.8 Å². The lowest BCUT2D eigenvalue weighted by molar-refractivity contribution is -0.141. The smallest absolute Gasteiger partial charge is 0.250 e. The summed E-state index contributed by atoms with van der Waals surface area (Å²) in [6.45, 7) is 5.20. The summed E-state index contributed by atoms with van der Waals surface area (Å²) in [4.78, 5) is 3.24. The second kappa shape index (κ2) is 5.58. The molecule has 0 saturated heterocycles. The maximum absolute atomic E-state index is 12.4. The number of hydrogen-bond acceptors (Lipinski definition) is 2. The molecule has 0 aromatic carbocycles. The van der Waals surface area contributed by atoms with Gasteiger partial charge in [0.15, 0.2) is 5.69 Å². The van der Waals surface area contributed by atoms with Gasteiger partial charge in [0, 0.05) is 18.0 Å². The van der Waals surface area contributed by atoms with Crippen molar-refractivity contribution in [3.05, 3.63) is 28.5 Å². The predicted octanol–water partition coefficient (Wildman–Crippen LogP) is 3.63. The number of pyridine rings is 1. The van der Waals surface area contributed by atoms with Crippen LogP contribution >= 0.6 is 11.6 Å². The van der Waals surface area contributed by atoms with Gasteiger partial charge in [-0.15, -0.1) is 0 Å². The maximum Gasteiger partial charge on any atom is 0.434 e. The summed E-state index contributed by atoms with van der Waals surface area (Å²) in [5.74, 6) is 0. The van der Waals surface area contributed by atoms with E-state index in [-0.39, 0.29) is 5.56 Å². The Labute approximate surface area is 116 Å². The van der Waals surface area contributed by atoms with Crippen LogP contribution in [0.1, 0.15) is 32.0 Å². The van der Waals surface area contributed by atoms with Gasteiger partial charge in [0.25, 0.3) is 0 Å². The molecule has 3 nitrogen and oxygen atoms in total. The molecule has 1 atom stereocenters. The molecule has 0 aliphatic rings. The molecule has 0 N–H and O–H groups in total. The van der Waals surface area contributed by atoms with Gasteiger partial charge in [-0.25, -0.2) is 9.19 Å². The molecule has 0 radical (unpaired) electrons. The first-order valence-corrected chi connectivity index (χ1v) is 6.69. The third kappa shape index (κ3) is 4.58. The summed E-state index contributed by atoms with van der Waals surface area (Å²) >= 11 is 5.50. The summed E-state index contributed by atoms with van der Waals surface area (Å²) in [6.07, 6.45) is -2.42. The van der Waals surface area contributed by atoms with E-state index in [0.717, 1.165) is 12.3 Å². The van der Waals surface area contributed by atoms with Crippen LogP contribution in [0.5, 0.6) is 0 Å². The van der Waals surface area contributed by atoms with Gasteiger partial charge in [-0.05, 0) is 26.8 Å². The third-order valence-electron chi connectivity index (χ3n) is 1.95. The third-order valence-corrected chi connectivity index (χ3v) is 3.58. The van der Waals surface area contributed by atoms with E-state index in [1.54, 1.807) is 20.8 Å². The molecule has 0 unspecified atom stereocenters. The van der Waals surface area contributed by atoms with Crippen LogP contribution in [-0.4, -0.2) is 20.2 Å². The van der Waals surface area contributed by atoms with Gasteiger partial charge in [0.05, 0.1) is 9.77 Å². The molecule has 19 heavy (non-hydrogen) atoms. The summed E-state index contributed by atoms with van der Waals surface area (Å²) in [5.41, 5.74) is -0.890. The summed E-state index contributed by atoms with van der Waals surface area (Å²) in [7, 11) is -1.49. The van der Waals surface area contributed by atoms with E-state index < -0.39 is 32.6 Å². The van der Waals surface area contributed by atoms with Gasteiger partial charge in [-0.2, -0.15) is 17.6 Å². The summed E-state index contributed by atoms with van der Waals surface area (Å²) < 4.78 is 52.1. The quantitative estimate of drug-likeness (QED) is 0.782. The van der Waals surface area contributed by atoms with Crippen molar-refractivity contribution in [1.82, 2.24) is 4.98 Å². The lowest BCUT2D eigenvalue weighted by Gasteiger charge is -2.12. The van der Waals surface area contributed by atoms with E-state index in [9.17, 15) is 17.4 Å². The van der Waals surface area contributed by atoms with Crippen molar-refractivity contribution < 1.29 is 17.4 Å². The van der Waals surface area contributed by atoms with Crippen LogP contribution in [0.2, 0.25) is 5.02 Å². The van der Waals surface area contributed by atoms with Crippen LogP contribution in [-0.2, 0) is 17.2 Å². The number of rotatable bonds is 2. The van der Waals surface area contributed by atoms with Crippen LogP contribution in [0.3, 0.4) is 0 Å². The first kappa shape index (κ1) is 16.1. The van der Waals surface area contributed by atoms with Crippen molar-refractivity contribution in [2.45, 2.75) is 31.7 Å². The molecular formula is C11H12ClF3N2OS. The molecular weight excluding hydrogens is 301 g/mol. The highest BCUT2D eigenvalue weighted by atomic mass is 35.5. The Bertz CT molecular complexity index is 524. The van der Waals surface area contributed by atoms with Crippen LogP contribution in [0, 0.1) is 0 Å². The standard InChI is InChI=1S/C11H12ClF3N2OS/c1-10(2,3)19(18)17-6-7-4-8(12)9(16-5-7)11(13,14)15/h4-6H,1-3H3/b17-6+/t19-/m1/s1. The minimum atomic E-state index is -4.60. The number of aromatic nitrogens is 1. The predicted molar refractivity (Wildman–Crippen MR) is 69.7 cm³/mol. The monoisotopic (exact) mass is 312 g/mol. The highest BCUT2D eigenvalue weighted by molar-refractivity contribution is 7.85. The minimum absolute atomic E-state index is 0.260. The molecule has 0 aliphatic carbocycles. The lowest BCUT2D eigenvalue weighted by Crippen LogP contribution is -2.19. The second-order valence-electron chi connectivity index (χ2n) is 4.69. The molecule has 0 spiro atoms. The molecule has 0 aliphatic heterocycles. The molecule has 0 saturated carbocycles. The summed E-state index contributed by atoms with van der Waals surface area (Å²) in [5, 5.41) is -0.516. The Morgan fingerprint density at radius 3 is 2.37 bits per heavy atom. The SMILES string of the molecule is CC(C)(C)[S@@](=O)/N=C/c1cnc(C(F)(F)F)c(Cl)c1. The van der Waals surface area contributed by atoms with Crippen LogP contribution in [0.15, 0.2) is 16.7 Å². The van der Waals surface area contributed by atoms with Crippen molar-refractivity contribution in [3.8, 4) is 0 Å². The molecule has 8 heteroatoms. The van der Waals surface area contributed by atoms with E-state index in [1.165, 1.54) is 6.21 Å². The average molecular weight is 313 g/mol. The zero-order valence-corrected chi connectivity index (χ0v) is 12.0. The number of halogens is 4. The first-order valence-electron chi connectivity index (χ1n) is 5.20. The molecule has 1 heterocycles. The minimum Gasteiger partial charge on any atom is -0.250 e. The fourth-order valence-electron chi connectivity index (χ4n) is 0.999. The topological polar surface area (TPSA) is 42.3 Å². The molecule has 106 valence electrons. The normalized spacial score (nSPS) is 14.9. The van der Waals surface area contributed by atoms with Gasteiger partial charge in [-0.3, -0.25) is 0 Å². The van der Waals surface area contributed by atoms with Gasteiger partial charge in [0.2, 0.25) is 0 Å². The number of nitrogens with zero attached hydrogens (tertiary/aromatic N) is 2. The molecule has 1 aromatic rings. The number of alkyl halides is 3. The zero-order valence-electron chi connectivity index (χ0n) is 10.5. The van der Waals surface area contributed by atoms with Gasteiger partial charge in [-0.1, -0.05) is 11.6 Å². The van der Waals surface area contributed by atoms with Gasteiger partial charge < -0.3 is 0 Å². The highest BCUT2D eigenvalue weighted by Gasteiger charge is 2.35. The van der Waals surface area contributed by atoms with Crippen molar-refractivity contribution in [3.63, 3.8) is 0 Å².